The SMILES string of the molecule is O=c1[nH]c(O)c(/C=c2\ccc3cc(=C4N=c5cc(Cl)c(Cl)cc5=N4)ccc3c2)s1. The van der Waals surface area contributed by atoms with E-state index in [4.69, 9.17) is 23.2 Å². The van der Waals surface area contributed by atoms with Crippen molar-refractivity contribution in [2.45, 2.75) is 0 Å². The number of H-pyrrole nitrogens is 1. The highest BCUT2D eigenvalue weighted by molar-refractivity contribution is 7.10. The van der Waals surface area contributed by atoms with Crippen LogP contribution >= 0.6 is 34.5 Å². The summed E-state index contributed by atoms with van der Waals surface area (Å²) >= 11 is 13.1. The van der Waals surface area contributed by atoms with Crippen LogP contribution in [0.2, 0.25) is 10.0 Å². The molecule has 2 N–H and O–H groups in total. The highest BCUT2D eigenvalue weighted by Crippen LogP contribution is 2.18. The van der Waals surface area contributed by atoms with Crippen molar-refractivity contribution >= 4 is 57.2 Å². The summed E-state index contributed by atoms with van der Waals surface area (Å²) in [5.74, 6) is 0.494. The molecule has 2 heterocycles. The Morgan fingerprint density at radius 3 is 2.24 bits per heavy atom. The largest absolute Gasteiger partial charge is 0.493 e. The average molecular weight is 440 g/mol. The Morgan fingerprint density at radius 2 is 1.59 bits per heavy atom. The molecular formula is C21H11Cl2N3O2S. The van der Waals surface area contributed by atoms with Gasteiger partial charge in [-0.25, -0.2) is 9.98 Å². The molecular weight excluding hydrogens is 429 g/mol. The molecule has 3 aromatic carbocycles. The van der Waals surface area contributed by atoms with Crippen molar-refractivity contribution < 1.29 is 5.11 Å². The number of aromatic amines is 1. The van der Waals surface area contributed by atoms with Gasteiger partial charge in [0.15, 0.2) is 5.82 Å². The molecule has 4 aromatic rings. The first-order chi connectivity index (χ1) is 14.0. The van der Waals surface area contributed by atoms with Gasteiger partial charge >= 0.3 is 4.87 Å². The Bertz CT molecular complexity index is 1580. The standard InChI is InChI=1S/C21H11Cl2N3O2S/c22-14-8-16-17(9-15(14)23)25-19(24-16)13-4-3-11-5-10(1-2-12(11)7-13)6-18-20(27)26-21(28)29-18/h1-9,27H,(H,26,28)/b10-6+. The van der Waals surface area contributed by atoms with E-state index in [1.807, 2.05) is 36.4 Å². The molecule has 29 heavy (non-hydrogen) atoms. The van der Waals surface area contributed by atoms with Crippen molar-refractivity contribution in [3.05, 3.63) is 94.3 Å². The van der Waals surface area contributed by atoms with Crippen molar-refractivity contribution in [3.8, 4) is 5.88 Å². The summed E-state index contributed by atoms with van der Waals surface area (Å²) < 4.78 is 0. The minimum atomic E-state index is -0.288. The van der Waals surface area contributed by atoms with Gasteiger partial charge in [-0.15, -0.1) is 0 Å². The Morgan fingerprint density at radius 1 is 0.931 bits per heavy atom. The summed E-state index contributed by atoms with van der Waals surface area (Å²) in [4.78, 5) is 23.0. The van der Waals surface area contributed by atoms with Crippen LogP contribution in [0.4, 0.5) is 0 Å². The fraction of sp³-hybridized carbons (Fsp3) is 0. The zero-order valence-corrected chi connectivity index (χ0v) is 16.9. The molecule has 0 spiro atoms. The number of halogens is 2. The van der Waals surface area contributed by atoms with Crippen LogP contribution in [0.5, 0.6) is 5.88 Å². The molecule has 0 bridgehead atoms. The number of hydrogen-bond donors (Lipinski definition) is 2. The Kier molecular flexibility index (Phi) is 4.28. The third-order valence-electron chi connectivity index (χ3n) is 4.55. The Labute approximate surface area is 177 Å². The lowest BCUT2D eigenvalue weighted by atomic mass is 10.1. The zero-order chi connectivity index (χ0) is 20.1. The highest BCUT2D eigenvalue weighted by Gasteiger charge is 2.07. The van der Waals surface area contributed by atoms with Gasteiger partial charge in [0.05, 0.1) is 25.6 Å². The van der Waals surface area contributed by atoms with E-state index >= 15 is 0 Å². The summed E-state index contributed by atoms with van der Waals surface area (Å²) in [6, 6.07) is 15.3. The van der Waals surface area contributed by atoms with Gasteiger partial charge in [0, 0.05) is 5.22 Å². The maximum absolute atomic E-state index is 11.3. The molecule has 0 saturated carbocycles. The average Bonchev–Trinajstić information content (AvgIpc) is 3.24. The van der Waals surface area contributed by atoms with Crippen LogP contribution in [0, 0.1) is 0 Å². The van der Waals surface area contributed by atoms with Gasteiger partial charge < -0.3 is 5.11 Å². The third kappa shape index (κ3) is 3.35. The van der Waals surface area contributed by atoms with E-state index in [-0.39, 0.29) is 10.8 Å². The molecule has 0 amide bonds. The first-order valence-corrected chi connectivity index (χ1v) is 10.1. The summed E-state index contributed by atoms with van der Waals surface area (Å²) in [5, 5.41) is 15.9. The summed E-state index contributed by atoms with van der Waals surface area (Å²) in [5.41, 5.74) is 0. The van der Waals surface area contributed by atoms with Crippen LogP contribution in [0.3, 0.4) is 0 Å². The zero-order valence-electron chi connectivity index (χ0n) is 14.6. The number of aromatic hydroxyl groups is 1. The van der Waals surface area contributed by atoms with Gasteiger partial charge in [-0.05, 0) is 46.3 Å². The summed E-state index contributed by atoms with van der Waals surface area (Å²) in [7, 11) is 0. The lowest BCUT2D eigenvalue weighted by molar-refractivity contribution is 0.455. The van der Waals surface area contributed by atoms with Crippen LogP contribution < -0.4 is 26.0 Å². The molecule has 0 atom stereocenters. The minimum absolute atomic E-state index is 0.115. The van der Waals surface area contributed by atoms with E-state index in [1.54, 1.807) is 18.2 Å². The fourth-order valence-corrected chi connectivity index (χ4v) is 4.17. The quantitative estimate of drug-likeness (QED) is 0.477. The second kappa shape index (κ2) is 6.84. The molecule has 0 unspecified atom stereocenters. The molecule has 5 rings (SSSR count). The Hall–Kier alpha value is -2.93. The number of benzene rings is 3. The predicted octanol–water partition coefficient (Wildman–Crippen LogP) is 2.45. The fourth-order valence-electron chi connectivity index (χ4n) is 3.16. The van der Waals surface area contributed by atoms with Gasteiger partial charge in [-0.3, -0.25) is 9.78 Å². The van der Waals surface area contributed by atoms with E-state index in [0.717, 1.165) is 32.5 Å². The lowest BCUT2D eigenvalue weighted by Crippen LogP contribution is -2.20. The minimum Gasteiger partial charge on any atom is -0.493 e. The maximum atomic E-state index is 11.3. The van der Waals surface area contributed by atoms with Gasteiger partial charge in [0.2, 0.25) is 5.88 Å². The molecule has 0 aliphatic carbocycles. The van der Waals surface area contributed by atoms with Crippen LogP contribution in [0.1, 0.15) is 4.88 Å². The predicted molar refractivity (Wildman–Crippen MR) is 116 cm³/mol. The normalized spacial score (nSPS) is 13.4. The van der Waals surface area contributed by atoms with E-state index in [1.165, 1.54) is 0 Å². The lowest BCUT2D eigenvalue weighted by Gasteiger charge is -1.98. The smallest absolute Gasteiger partial charge is 0.307 e. The Balaban J connectivity index is 1.64. The van der Waals surface area contributed by atoms with Gasteiger partial charge in [0.1, 0.15) is 0 Å². The molecule has 1 aliphatic heterocycles. The molecule has 0 saturated heterocycles. The molecule has 8 heteroatoms. The van der Waals surface area contributed by atoms with Crippen LogP contribution in [-0.4, -0.2) is 10.1 Å². The van der Waals surface area contributed by atoms with Gasteiger partial charge in [0.25, 0.3) is 0 Å². The van der Waals surface area contributed by atoms with Crippen molar-refractivity contribution in [3.63, 3.8) is 0 Å². The van der Waals surface area contributed by atoms with E-state index < -0.39 is 0 Å². The van der Waals surface area contributed by atoms with Gasteiger partial charge in [-0.1, -0.05) is 58.8 Å². The third-order valence-corrected chi connectivity index (χ3v) is 6.09. The second-order valence-electron chi connectivity index (χ2n) is 6.50. The number of hydrogen-bond acceptors (Lipinski definition) is 5. The van der Waals surface area contributed by atoms with E-state index in [9.17, 15) is 9.90 Å². The molecule has 1 aliphatic rings. The van der Waals surface area contributed by atoms with Crippen LogP contribution in [-0.2, 0) is 0 Å². The van der Waals surface area contributed by atoms with Crippen molar-refractivity contribution in [1.29, 1.82) is 0 Å². The van der Waals surface area contributed by atoms with Crippen molar-refractivity contribution in [1.82, 2.24) is 4.98 Å². The highest BCUT2D eigenvalue weighted by atomic mass is 35.5. The van der Waals surface area contributed by atoms with E-state index in [0.29, 0.717) is 31.5 Å². The van der Waals surface area contributed by atoms with Crippen molar-refractivity contribution in [2.75, 3.05) is 0 Å². The molecule has 0 radical (unpaired) electrons. The number of thiazole rings is 1. The van der Waals surface area contributed by atoms with Crippen LogP contribution in [0.15, 0.2) is 63.3 Å². The number of nitrogens with zero attached hydrogens (tertiary/aromatic N) is 2. The number of rotatable bonds is 1. The molecule has 1 aromatic heterocycles. The van der Waals surface area contributed by atoms with Gasteiger partial charge in [-0.2, -0.15) is 0 Å². The first kappa shape index (κ1) is 18.1. The topological polar surface area (TPSA) is 77.8 Å². The van der Waals surface area contributed by atoms with E-state index in [2.05, 4.69) is 15.0 Å². The molecule has 0 fully saturated rings. The molecule has 5 nitrogen and oxygen atoms in total. The number of nitrogens with one attached hydrogen (secondary N) is 1. The summed E-state index contributed by atoms with van der Waals surface area (Å²) in [6.45, 7) is 0. The second-order valence-corrected chi connectivity index (χ2v) is 8.32. The number of fused-ring (bicyclic) bond motifs is 2. The number of aromatic nitrogens is 1. The molecule has 142 valence electrons. The monoisotopic (exact) mass is 439 g/mol. The van der Waals surface area contributed by atoms with Crippen molar-refractivity contribution in [2.24, 2.45) is 9.98 Å². The maximum Gasteiger partial charge on any atom is 0.307 e. The van der Waals surface area contributed by atoms with Crippen LogP contribution in [0.25, 0.3) is 22.7 Å². The summed E-state index contributed by atoms with van der Waals surface area (Å²) in [6.07, 6.45) is 1.77. The first-order valence-electron chi connectivity index (χ1n) is 8.57.